The minimum Gasteiger partial charge on any atom is -0.507 e. The van der Waals surface area contributed by atoms with Crippen LogP contribution in [0.3, 0.4) is 0 Å². The van der Waals surface area contributed by atoms with Gasteiger partial charge in [-0.2, -0.15) is 0 Å². The van der Waals surface area contributed by atoms with Crippen molar-refractivity contribution in [1.82, 2.24) is 15.5 Å². The van der Waals surface area contributed by atoms with Gasteiger partial charge in [-0.1, -0.05) is 31.6 Å². The van der Waals surface area contributed by atoms with Gasteiger partial charge in [-0.25, -0.2) is 4.79 Å². The molecule has 0 aromatic heterocycles. The second-order valence-electron chi connectivity index (χ2n) is 10.5. The minimum absolute atomic E-state index is 0.0665. The molecule has 0 radical (unpaired) electrons. The van der Waals surface area contributed by atoms with Gasteiger partial charge in [0.1, 0.15) is 23.9 Å². The first-order valence-electron chi connectivity index (χ1n) is 12.9. The van der Waals surface area contributed by atoms with Crippen molar-refractivity contribution in [3.63, 3.8) is 0 Å². The van der Waals surface area contributed by atoms with Gasteiger partial charge in [-0.3, -0.25) is 14.4 Å². The van der Waals surface area contributed by atoms with Crippen molar-refractivity contribution in [2.45, 2.75) is 85.0 Å². The van der Waals surface area contributed by atoms with Crippen LogP contribution in [0.25, 0.3) is 0 Å². The van der Waals surface area contributed by atoms with E-state index < -0.39 is 35.9 Å². The molecule has 0 saturated carbocycles. The number of likely N-dealkylation sites (N-methyl/N-ethyl adjacent to an activating group) is 1. The van der Waals surface area contributed by atoms with Crippen LogP contribution < -0.4 is 10.6 Å². The molecule has 0 aliphatic carbocycles. The number of ether oxygens (including phenoxy) is 1. The molecule has 1 aliphatic heterocycles. The Hall–Kier alpha value is -2.63. The van der Waals surface area contributed by atoms with E-state index in [0.717, 1.165) is 5.57 Å². The average molecular weight is 642 g/mol. The molecule has 6 atom stereocenters. The fraction of sp³-hybridized carbons (Fsp3) is 0.571. The number of esters is 1. The van der Waals surface area contributed by atoms with E-state index in [1.807, 2.05) is 43.4 Å². The number of nitrogens with zero attached hydrogens (tertiary/aromatic N) is 1. The summed E-state index contributed by atoms with van der Waals surface area (Å²) < 4.78 is 6.24. The lowest BCUT2D eigenvalue weighted by Gasteiger charge is -2.31. The second-order valence-corrected chi connectivity index (χ2v) is 11.7. The third-order valence-electron chi connectivity index (χ3n) is 6.66. The van der Waals surface area contributed by atoms with Crippen molar-refractivity contribution in [3.05, 3.63) is 39.0 Å². The highest BCUT2D eigenvalue weighted by Crippen LogP contribution is 2.23. The molecular formula is C28H40IN3O6. The maximum Gasteiger partial charge on any atom is 0.328 e. The Morgan fingerprint density at radius 2 is 1.66 bits per heavy atom. The van der Waals surface area contributed by atoms with Gasteiger partial charge in [-0.05, 0) is 86.7 Å². The number of amides is 3. The van der Waals surface area contributed by atoms with Crippen LogP contribution in [-0.4, -0.2) is 65.0 Å². The Morgan fingerprint density at radius 3 is 2.29 bits per heavy atom. The minimum atomic E-state index is -1.00. The van der Waals surface area contributed by atoms with Crippen LogP contribution in [0.2, 0.25) is 0 Å². The van der Waals surface area contributed by atoms with Gasteiger partial charge in [0.2, 0.25) is 17.7 Å². The summed E-state index contributed by atoms with van der Waals surface area (Å²) in [6, 6.07) is 2.21. The number of allylic oxidation sites excluding steroid dienone is 2. The maximum absolute atomic E-state index is 13.4. The van der Waals surface area contributed by atoms with Crippen LogP contribution in [0.5, 0.6) is 5.75 Å². The number of carbonyl (C=O) groups excluding carboxylic acids is 4. The van der Waals surface area contributed by atoms with E-state index in [0.29, 0.717) is 22.0 Å². The standard InChI is InChI=1S/C28H40IN3O6/c1-15-10-16(2)12-18(4)38-28(37)20(6)31-26(35)23(13-21-8-9-22(29)24(33)14-21)32(7)27(36)19(5)30-25(34)17(3)11-15/h8-10,14,16-20,23,33H,11-13H2,1-7H3,(H,30,34)(H,31,35)/b15-10+/t16-,17-,18-,19-,20-,23+/m0/s1. The van der Waals surface area contributed by atoms with E-state index in [9.17, 15) is 24.3 Å². The third-order valence-corrected chi connectivity index (χ3v) is 7.58. The zero-order valence-electron chi connectivity index (χ0n) is 23.2. The Kier molecular flexibility index (Phi) is 11.6. The number of phenolic OH excluding ortho intramolecular Hbond substituents is 1. The Morgan fingerprint density at radius 1 is 1.03 bits per heavy atom. The van der Waals surface area contributed by atoms with Gasteiger partial charge >= 0.3 is 5.97 Å². The molecule has 210 valence electrons. The van der Waals surface area contributed by atoms with Gasteiger partial charge in [0.25, 0.3) is 0 Å². The van der Waals surface area contributed by atoms with Crippen molar-refractivity contribution in [3.8, 4) is 5.75 Å². The largest absolute Gasteiger partial charge is 0.507 e. The number of nitrogens with one attached hydrogen (secondary N) is 2. The summed E-state index contributed by atoms with van der Waals surface area (Å²) in [6.45, 7) is 10.7. The monoisotopic (exact) mass is 641 g/mol. The number of hydrogen-bond donors (Lipinski definition) is 3. The molecular weight excluding hydrogens is 601 g/mol. The summed E-state index contributed by atoms with van der Waals surface area (Å²) in [7, 11) is 1.49. The van der Waals surface area contributed by atoms with Crippen LogP contribution in [0.1, 0.15) is 59.9 Å². The molecule has 1 aromatic rings. The first-order chi connectivity index (χ1) is 17.7. The molecule has 0 spiro atoms. The molecule has 0 saturated heterocycles. The topological polar surface area (TPSA) is 125 Å². The molecule has 0 bridgehead atoms. The van der Waals surface area contributed by atoms with Gasteiger partial charge < -0.3 is 25.4 Å². The lowest BCUT2D eigenvalue weighted by Crippen LogP contribution is -2.56. The van der Waals surface area contributed by atoms with Gasteiger partial charge in [0, 0.05) is 19.4 Å². The molecule has 1 aliphatic rings. The number of phenols is 1. The zero-order valence-corrected chi connectivity index (χ0v) is 25.4. The van der Waals surface area contributed by atoms with Crippen LogP contribution in [0, 0.1) is 15.4 Å². The normalized spacial score (nSPS) is 30.3. The van der Waals surface area contributed by atoms with E-state index in [-0.39, 0.29) is 36.0 Å². The van der Waals surface area contributed by atoms with Crippen molar-refractivity contribution in [1.29, 1.82) is 0 Å². The van der Waals surface area contributed by atoms with E-state index >= 15 is 0 Å². The lowest BCUT2D eigenvalue weighted by atomic mass is 9.95. The number of cyclic esters (lactones) is 1. The number of aromatic hydroxyl groups is 1. The molecule has 38 heavy (non-hydrogen) atoms. The molecule has 10 heteroatoms. The van der Waals surface area contributed by atoms with Crippen molar-refractivity contribution in [2.24, 2.45) is 11.8 Å². The molecule has 0 fully saturated rings. The van der Waals surface area contributed by atoms with Crippen molar-refractivity contribution >= 4 is 46.3 Å². The Labute approximate surface area is 238 Å². The fourth-order valence-corrected chi connectivity index (χ4v) is 4.96. The van der Waals surface area contributed by atoms with E-state index in [2.05, 4.69) is 16.7 Å². The van der Waals surface area contributed by atoms with Crippen molar-refractivity contribution in [2.75, 3.05) is 7.05 Å². The van der Waals surface area contributed by atoms with Gasteiger partial charge in [0.15, 0.2) is 0 Å². The van der Waals surface area contributed by atoms with Gasteiger partial charge in [-0.15, -0.1) is 0 Å². The summed E-state index contributed by atoms with van der Waals surface area (Å²) >= 11 is 2.00. The van der Waals surface area contributed by atoms with Crippen LogP contribution in [0.4, 0.5) is 0 Å². The highest BCUT2D eigenvalue weighted by Gasteiger charge is 2.33. The number of carbonyl (C=O) groups is 4. The SMILES string of the molecule is C/C1=C\[C@H](C)C[C@H](C)OC(=O)[C@H](C)NC(=O)[C@@H](Cc2ccc(I)c(O)c2)N(C)C(=O)[C@H](C)NC(=O)[C@@H](C)C1. The molecule has 3 amide bonds. The van der Waals surface area contributed by atoms with E-state index in [1.165, 1.54) is 11.9 Å². The Balaban J connectivity index is 2.40. The van der Waals surface area contributed by atoms with E-state index in [4.69, 9.17) is 4.74 Å². The maximum atomic E-state index is 13.4. The second kappa shape index (κ2) is 14.0. The highest BCUT2D eigenvalue weighted by molar-refractivity contribution is 14.1. The average Bonchev–Trinajstić information content (AvgIpc) is 2.82. The molecule has 1 heterocycles. The molecule has 1 aromatic carbocycles. The predicted octanol–water partition coefficient (Wildman–Crippen LogP) is 3.32. The quantitative estimate of drug-likeness (QED) is 0.259. The highest BCUT2D eigenvalue weighted by atomic mass is 127. The lowest BCUT2D eigenvalue weighted by molar-refractivity contribution is -0.153. The van der Waals surface area contributed by atoms with Crippen LogP contribution >= 0.6 is 22.6 Å². The number of rotatable bonds is 2. The molecule has 0 unspecified atom stereocenters. The number of benzene rings is 1. The predicted molar refractivity (Wildman–Crippen MR) is 153 cm³/mol. The molecule has 2 rings (SSSR count). The first kappa shape index (κ1) is 31.6. The van der Waals surface area contributed by atoms with Gasteiger partial charge in [0.05, 0.1) is 9.67 Å². The first-order valence-corrected chi connectivity index (χ1v) is 14.0. The smallest absolute Gasteiger partial charge is 0.328 e. The summed E-state index contributed by atoms with van der Waals surface area (Å²) in [6.07, 6.45) is 2.90. The zero-order chi connectivity index (χ0) is 28.7. The molecule has 3 N–H and O–H groups in total. The summed E-state index contributed by atoms with van der Waals surface area (Å²) in [5.74, 6) is -1.99. The Bertz CT molecular complexity index is 1070. The summed E-state index contributed by atoms with van der Waals surface area (Å²) in [5, 5.41) is 15.6. The fourth-order valence-electron chi connectivity index (χ4n) is 4.63. The van der Waals surface area contributed by atoms with Crippen LogP contribution in [0.15, 0.2) is 29.8 Å². The summed E-state index contributed by atoms with van der Waals surface area (Å²) in [4.78, 5) is 53.6. The summed E-state index contributed by atoms with van der Waals surface area (Å²) in [5.41, 5.74) is 1.67. The number of hydrogen-bond acceptors (Lipinski definition) is 6. The number of halogens is 1. The molecule has 9 nitrogen and oxygen atoms in total. The van der Waals surface area contributed by atoms with Crippen LogP contribution in [-0.2, 0) is 30.3 Å². The van der Waals surface area contributed by atoms with E-state index in [1.54, 1.807) is 39.0 Å². The third kappa shape index (κ3) is 8.99. The van der Waals surface area contributed by atoms with Crippen molar-refractivity contribution < 1.29 is 29.0 Å².